The van der Waals surface area contributed by atoms with Crippen LogP contribution in [0.3, 0.4) is 0 Å². The Morgan fingerprint density at radius 1 is 0.640 bits per heavy atom. The van der Waals surface area contributed by atoms with E-state index in [1.54, 1.807) is 60.9 Å². The second-order valence-corrected chi connectivity index (χ2v) is 4.37. The van der Waals surface area contributed by atoms with Crippen LogP contribution < -0.4 is 11.5 Å². The summed E-state index contributed by atoms with van der Waals surface area (Å²) in [6.45, 7) is 0. The van der Waals surface area contributed by atoms with Crippen molar-refractivity contribution in [1.29, 1.82) is 0 Å². The number of aromatic nitrogens is 2. The maximum Gasteiger partial charge on any atom is 0.168 e. The largest absolute Gasteiger partial charge is 0.397 e. The molecule has 7 heteroatoms. The van der Waals surface area contributed by atoms with Gasteiger partial charge in [0.25, 0.3) is 0 Å². The molecule has 25 heavy (non-hydrogen) atoms. The van der Waals surface area contributed by atoms with E-state index in [0.29, 0.717) is 22.8 Å². The number of benzene rings is 1. The van der Waals surface area contributed by atoms with E-state index in [-0.39, 0.29) is 19.5 Å². The van der Waals surface area contributed by atoms with Crippen molar-refractivity contribution in [2.45, 2.75) is 0 Å². The van der Waals surface area contributed by atoms with Crippen molar-refractivity contribution in [3.63, 3.8) is 0 Å². The molecule has 0 bridgehead atoms. The summed E-state index contributed by atoms with van der Waals surface area (Å²) in [7, 11) is 0. The van der Waals surface area contributed by atoms with E-state index in [1.165, 1.54) is 0 Å². The van der Waals surface area contributed by atoms with E-state index in [1.807, 2.05) is 12.1 Å². The van der Waals surface area contributed by atoms with Crippen LogP contribution in [0.15, 0.2) is 73.1 Å². The van der Waals surface area contributed by atoms with E-state index in [2.05, 4.69) is 9.97 Å². The maximum absolute atomic E-state index is 9.94. The number of para-hydroxylation sites is 2. The Morgan fingerprint density at radius 2 is 1.00 bits per heavy atom. The van der Waals surface area contributed by atoms with Crippen LogP contribution in [-0.2, 0) is 19.5 Å². The van der Waals surface area contributed by atoms with Gasteiger partial charge >= 0.3 is 0 Å². The molecule has 0 aliphatic heterocycles. The first kappa shape index (κ1) is 22.1. The minimum atomic E-state index is 0. The molecule has 0 aliphatic rings. The van der Waals surface area contributed by atoms with Gasteiger partial charge in [-0.25, -0.2) is 0 Å². The fourth-order valence-electron chi connectivity index (χ4n) is 1.40. The van der Waals surface area contributed by atoms with Crippen molar-refractivity contribution < 1.29 is 29.1 Å². The summed E-state index contributed by atoms with van der Waals surface area (Å²) in [5.41, 5.74) is 13.0. The van der Waals surface area contributed by atoms with Crippen LogP contribution in [0, 0.1) is 0 Å². The Balaban J connectivity index is 0.000000339. The molecule has 0 unspecified atom stereocenters. The third kappa shape index (κ3) is 9.74. The maximum atomic E-state index is 9.94. The van der Waals surface area contributed by atoms with Gasteiger partial charge in [0.1, 0.15) is 11.4 Å². The van der Waals surface area contributed by atoms with Gasteiger partial charge in [-0.1, -0.05) is 24.3 Å². The van der Waals surface area contributed by atoms with Gasteiger partial charge in [0.15, 0.2) is 12.6 Å². The van der Waals surface area contributed by atoms with Crippen molar-refractivity contribution in [1.82, 2.24) is 9.97 Å². The predicted molar refractivity (Wildman–Crippen MR) is 94.5 cm³/mol. The topological polar surface area (TPSA) is 112 Å². The molecule has 3 rings (SSSR count). The van der Waals surface area contributed by atoms with Gasteiger partial charge in [0.2, 0.25) is 0 Å². The number of hydrogen-bond donors (Lipinski definition) is 2. The molecule has 2 heterocycles. The number of carbonyl (C=O) groups is 2. The van der Waals surface area contributed by atoms with Gasteiger partial charge in [-0.2, -0.15) is 0 Å². The Morgan fingerprint density at radius 3 is 1.20 bits per heavy atom. The Hall–Kier alpha value is -2.92. The number of hydrogen-bond acceptors (Lipinski definition) is 6. The fourth-order valence-corrected chi connectivity index (χ4v) is 1.40. The summed E-state index contributed by atoms with van der Waals surface area (Å²) in [6.07, 6.45) is 4.62. The Kier molecular flexibility index (Phi) is 11.9. The number of nitrogen functional groups attached to an aromatic ring is 2. The quantitative estimate of drug-likeness (QED) is 0.372. The summed E-state index contributed by atoms with van der Waals surface area (Å²) in [5, 5.41) is 0. The van der Waals surface area contributed by atoms with E-state index in [0.717, 1.165) is 12.6 Å². The first-order chi connectivity index (χ1) is 11.7. The summed E-state index contributed by atoms with van der Waals surface area (Å²) in [4.78, 5) is 27.3. The monoisotopic (exact) mass is 424 g/mol. The number of nitrogens with zero attached hydrogens (tertiary/aromatic N) is 2. The second-order valence-electron chi connectivity index (χ2n) is 4.37. The molecule has 0 fully saturated rings. The number of rotatable bonds is 2. The number of carbonyl (C=O) groups excluding carboxylic acids is 2. The summed E-state index contributed by atoms with van der Waals surface area (Å²) in [6, 6.07) is 17.7. The third-order valence-corrected chi connectivity index (χ3v) is 2.61. The fraction of sp³-hybridized carbons (Fsp3) is 0. The van der Waals surface area contributed by atoms with Crippen molar-refractivity contribution in [3.8, 4) is 0 Å². The molecule has 0 saturated heterocycles. The number of aldehydes is 2. The smallest absolute Gasteiger partial charge is 0.168 e. The summed E-state index contributed by atoms with van der Waals surface area (Å²) >= 11 is 0. The van der Waals surface area contributed by atoms with Gasteiger partial charge in [-0.05, 0) is 36.4 Å². The van der Waals surface area contributed by atoms with Crippen LogP contribution in [0.4, 0.5) is 11.4 Å². The van der Waals surface area contributed by atoms with Crippen molar-refractivity contribution in [2.75, 3.05) is 11.5 Å². The molecule has 6 nitrogen and oxygen atoms in total. The molecule has 0 spiro atoms. The molecular weight excluding hydrogens is 405 g/mol. The normalized spacial score (nSPS) is 8.32. The molecule has 130 valence electrons. The van der Waals surface area contributed by atoms with Gasteiger partial charge in [0, 0.05) is 31.9 Å². The first-order valence-electron chi connectivity index (χ1n) is 6.99. The van der Waals surface area contributed by atoms with Crippen LogP contribution in [0.2, 0.25) is 0 Å². The first-order valence-corrected chi connectivity index (χ1v) is 6.99. The number of pyridine rings is 2. The SMILES string of the molecule is Nc1ccccc1N.O=Cc1ccccn1.O=Cc1ccccn1.[Ru]. The molecule has 0 atom stereocenters. The van der Waals surface area contributed by atoms with Crippen LogP contribution in [0.1, 0.15) is 21.0 Å². The van der Waals surface area contributed by atoms with E-state index >= 15 is 0 Å². The van der Waals surface area contributed by atoms with Crippen molar-refractivity contribution in [3.05, 3.63) is 84.4 Å². The van der Waals surface area contributed by atoms with Crippen LogP contribution >= 0.6 is 0 Å². The van der Waals surface area contributed by atoms with Gasteiger partial charge < -0.3 is 11.5 Å². The predicted octanol–water partition coefficient (Wildman–Crippen LogP) is 2.64. The zero-order chi connectivity index (χ0) is 17.6. The van der Waals surface area contributed by atoms with Gasteiger partial charge in [0.05, 0.1) is 11.4 Å². The minimum absolute atomic E-state index is 0. The third-order valence-electron chi connectivity index (χ3n) is 2.61. The van der Waals surface area contributed by atoms with Crippen LogP contribution in [-0.4, -0.2) is 22.5 Å². The molecule has 0 amide bonds. The zero-order valence-electron chi connectivity index (χ0n) is 13.3. The standard InChI is InChI=1S/C6H8N2.2C6H5NO.Ru/c7-5-3-1-2-4-6(5)8;2*8-5-6-3-1-2-4-7-6;/h1-4H,7-8H2;2*1-5H;. The van der Waals surface area contributed by atoms with Gasteiger partial charge in [-0.3, -0.25) is 19.6 Å². The van der Waals surface area contributed by atoms with Crippen LogP contribution in [0.5, 0.6) is 0 Å². The second kappa shape index (κ2) is 13.5. The molecule has 0 aliphatic carbocycles. The molecular formula is C18H18N4O2Ru. The van der Waals surface area contributed by atoms with E-state index in [4.69, 9.17) is 11.5 Å². The average Bonchev–Trinajstić information content (AvgIpc) is 2.66. The van der Waals surface area contributed by atoms with Crippen LogP contribution in [0.25, 0.3) is 0 Å². The zero-order valence-corrected chi connectivity index (χ0v) is 15.0. The summed E-state index contributed by atoms with van der Waals surface area (Å²) < 4.78 is 0. The van der Waals surface area contributed by atoms with Crippen molar-refractivity contribution >= 4 is 23.9 Å². The van der Waals surface area contributed by atoms with E-state index < -0.39 is 0 Å². The molecule has 2 aromatic heterocycles. The van der Waals surface area contributed by atoms with E-state index in [9.17, 15) is 9.59 Å². The number of anilines is 2. The molecule has 0 saturated carbocycles. The van der Waals surface area contributed by atoms with Gasteiger partial charge in [-0.15, -0.1) is 0 Å². The molecule has 3 aromatic rings. The Labute approximate surface area is 159 Å². The molecule has 4 N–H and O–H groups in total. The average molecular weight is 423 g/mol. The minimum Gasteiger partial charge on any atom is -0.397 e. The molecule has 0 radical (unpaired) electrons. The van der Waals surface area contributed by atoms with Crippen molar-refractivity contribution in [2.24, 2.45) is 0 Å². The Bertz CT molecular complexity index is 676. The molecule has 1 aromatic carbocycles. The number of nitrogens with two attached hydrogens (primary N) is 2. The summed E-state index contributed by atoms with van der Waals surface area (Å²) in [5.74, 6) is 0.